The van der Waals surface area contributed by atoms with E-state index < -0.39 is 11.9 Å². The third-order valence-corrected chi connectivity index (χ3v) is 10.2. The third-order valence-electron chi connectivity index (χ3n) is 9.49. The fourth-order valence-corrected chi connectivity index (χ4v) is 7.86. The number of alkyl halides is 2. The van der Waals surface area contributed by atoms with Crippen LogP contribution in [0.2, 0.25) is 0 Å². The molecule has 6 rings (SSSR count). The molecule has 3 atom stereocenters. The van der Waals surface area contributed by atoms with Crippen LogP contribution in [0, 0.1) is 5.92 Å². The van der Waals surface area contributed by atoms with Gasteiger partial charge in [-0.05, 0) is 41.2 Å². The first-order chi connectivity index (χ1) is 23.2. The van der Waals surface area contributed by atoms with E-state index in [2.05, 4.69) is 0 Å². The van der Waals surface area contributed by atoms with E-state index in [1.807, 2.05) is 55.5 Å². The highest BCUT2D eigenvalue weighted by atomic mass is 35.5. The van der Waals surface area contributed by atoms with Crippen molar-refractivity contribution in [1.29, 1.82) is 0 Å². The summed E-state index contributed by atoms with van der Waals surface area (Å²) in [4.78, 5) is 55.3. The molecular weight excluding hydrogens is 651 g/mol. The SMILES string of the molecule is CCC(CCCC(=O)N1C[C@@H](CCl)c2c1cc(OC(C)=O)c1ccccc21)C(=O)N1C[C@@H](CCl)c2c1cc(OC(C)=O)c1ccccc21. The summed E-state index contributed by atoms with van der Waals surface area (Å²) in [5.41, 5.74) is 3.39. The first-order valence-electron chi connectivity index (χ1n) is 16.4. The molecule has 0 saturated heterocycles. The molecule has 250 valence electrons. The number of hydrogen-bond donors (Lipinski definition) is 0. The quantitative estimate of drug-likeness (QED) is 0.0950. The Morgan fingerprint density at radius 2 is 1.21 bits per heavy atom. The lowest BCUT2D eigenvalue weighted by atomic mass is 9.95. The summed E-state index contributed by atoms with van der Waals surface area (Å²) >= 11 is 12.9. The first-order valence-corrected chi connectivity index (χ1v) is 17.4. The predicted molar refractivity (Wildman–Crippen MR) is 190 cm³/mol. The molecule has 48 heavy (non-hydrogen) atoms. The lowest BCUT2D eigenvalue weighted by molar-refractivity contribution is -0.132. The first kappa shape index (κ1) is 33.7. The van der Waals surface area contributed by atoms with Gasteiger partial charge in [-0.2, -0.15) is 0 Å². The normalized spacial score (nSPS) is 17.4. The molecular formula is C38H38Cl2N2O6. The van der Waals surface area contributed by atoms with Crippen molar-refractivity contribution in [1.82, 2.24) is 0 Å². The Kier molecular flexibility index (Phi) is 9.95. The van der Waals surface area contributed by atoms with Gasteiger partial charge in [-0.3, -0.25) is 19.2 Å². The van der Waals surface area contributed by atoms with Crippen molar-refractivity contribution < 1.29 is 28.7 Å². The van der Waals surface area contributed by atoms with Crippen molar-refractivity contribution >= 4 is 79.9 Å². The van der Waals surface area contributed by atoms with Crippen LogP contribution in [0.15, 0.2) is 60.7 Å². The summed E-state index contributed by atoms with van der Waals surface area (Å²) in [6, 6.07) is 18.9. The zero-order chi connectivity index (χ0) is 34.1. The molecule has 2 amide bonds. The molecule has 4 aromatic rings. The Morgan fingerprint density at radius 1 is 0.750 bits per heavy atom. The van der Waals surface area contributed by atoms with E-state index in [9.17, 15) is 19.2 Å². The molecule has 2 aliphatic heterocycles. The average Bonchev–Trinajstić information content (AvgIpc) is 3.64. The number of ether oxygens (including phenoxy) is 2. The second-order valence-corrected chi connectivity index (χ2v) is 13.2. The Hall–Kier alpha value is -4.14. The van der Waals surface area contributed by atoms with Crippen molar-refractivity contribution in [3.05, 3.63) is 71.8 Å². The number of carbonyl (C=O) groups excluding carboxylic acids is 4. The molecule has 4 aromatic carbocycles. The van der Waals surface area contributed by atoms with Gasteiger partial charge in [-0.1, -0.05) is 55.5 Å². The Balaban J connectivity index is 1.21. The van der Waals surface area contributed by atoms with Gasteiger partial charge in [0.25, 0.3) is 0 Å². The van der Waals surface area contributed by atoms with E-state index in [4.69, 9.17) is 32.7 Å². The number of fused-ring (bicyclic) bond motifs is 6. The van der Waals surface area contributed by atoms with Crippen LogP contribution in [0.3, 0.4) is 0 Å². The maximum Gasteiger partial charge on any atom is 0.308 e. The monoisotopic (exact) mass is 688 g/mol. The Bertz CT molecular complexity index is 1930. The number of rotatable bonds is 10. The van der Waals surface area contributed by atoms with E-state index in [1.54, 1.807) is 21.9 Å². The highest BCUT2D eigenvalue weighted by Crippen LogP contribution is 2.47. The molecule has 2 heterocycles. The molecule has 0 aliphatic carbocycles. The van der Waals surface area contributed by atoms with Gasteiger partial charge in [0, 0.05) is 85.8 Å². The second kappa shape index (κ2) is 14.1. The zero-order valence-electron chi connectivity index (χ0n) is 27.3. The highest BCUT2D eigenvalue weighted by molar-refractivity contribution is 6.19. The van der Waals surface area contributed by atoms with Crippen LogP contribution in [0.4, 0.5) is 11.4 Å². The van der Waals surface area contributed by atoms with Gasteiger partial charge in [0.15, 0.2) is 0 Å². The van der Waals surface area contributed by atoms with Crippen LogP contribution in [-0.2, 0) is 19.2 Å². The molecule has 0 spiro atoms. The van der Waals surface area contributed by atoms with E-state index in [1.165, 1.54) is 13.8 Å². The molecule has 0 saturated carbocycles. The summed E-state index contributed by atoms with van der Waals surface area (Å²) in [7, 11) is 0. The lowest BCUT2D eigenvalue weighted by Gasteiger charge is -2.25. The van der Waals surface area contributed by atoms with E-state index >= 15 is 0 Å². The second-order valence-electron chi connectivity index (χ2n) is 12.5. The van der Waals surface area contributed by atoms with Crippen LogP contribution in [0.5, 0.6) is 11.5 Å². The molecule has 2 aliphatic rings. The molecule has 10 heteroatoms. The number of benzene rings is 4. The van der Waals surface area contributed by atoms with Crippen LogP contribution in [-0.4, -0.2) is 48.6 Å². The van der Waals surface area contributed by atoms with E-state index in [-0.39, 0.29) is 36.0 Å². The summed E-state index contributed by atoms with van der Waals surface area (Å²) in [5, 5.41) is 3.42. The topological polar surface area (TPSA) is 93.2 Å². The summed E-state index contributed by atoms with van der Waals surface area (Å²) in [6.07, 6.45) is 1.89. The Morgan fingerprint density at radius 3 is 1.67 bits per heavy atom. The molecule has 0 aromatic heterocycles. The summed E-state index contributed by atoms with van der Waals surface area (Å²) in [6.45, 7) is 5.57. The number of esters is 2. The van der Waals surface area contributed by atoms with Crippen LogP contribution in [0.1, 0.15) is 69.4 Å². The number of anilines is 2. The van der Waals surface area contributed by atoms with Gasteiger partial charge < -0.3 is 19.3 Å². The zero-order valence-corrected chi connectivity index (χ0v) is 28.8. The minimum Gasteiger partial charge on any atom is -0.426 e. The number of carbonyl (C=O) groups is 4. The average molecular weight is 690 g/mol. The van der Waals surface area contributed by atoms with Crippen LogP contribution < -0.4 is 19.3 Å². The third kappa shape index (κ3) is 6.24. The molecule has 0 bridgehead atoms. The summed E-state index contributed by atoms with van der Waals surface area (Å²) in [5.74, 6) is 0.0811. The van der Waals surface area contributed by atoms with Gasteiger partial charge in [0.1, 0.15) is 11.5 Å². The van der Waals surface area contributed by atoms with Gasteiger partial charge in [-0.15, -0.1) is 23.2 Å². The molecule has 0 radical (unpaired) electrons. The predicted octanol–water partition coefficient (Wildman–Crippen LogP) is 8.08. The highest BCUT2D eigenvalue weighted by Gasteiger charge is 2.38. The lowest BCUT2D eigenvalue weighted by Crippen LogP contribution is -2.36. The van der Waals surface area contributed by atoms with Crippen LogP contribution >= 0.6 is 23.2 Å². The van der Waals surface area contributed by atoms with Gasteiger partial charge in [-0.25, -0.2) is 0 Å². The van der Waals surface area contributed by atoms with Gasteiger partial charge >= 0.3 is 11.9 Å². The number of hydrogen-bond acceptors (Lipinski definition) is 6. The minimum absolute atomic E-state index is 0.0333. The van der Waals surface area contributed by atoms with Crippen LogP contribution in [0.25, 0.3) is 21.5 Å². The van der Waals surface area contributed by atoms with Gasteiger partial charge in [0.05, 0.1) is 11.4 Å². The number of amides is 2. The molecule has 1 unspecified atom stereocenters. The standard InChI is InChI=1S/C38H38Cl2N2O6/c1-4-24(38(46)42-21-26(19-40)37-30-14-8-6-12-28(30)34(17-32(37)42)48-23(3)44)10-9-15-35(45)41-20-25(18-39)36-29-13-7-5-11-27(29)33(16-31(36)41)47-22(2)43/h5-8,11-14,16-17,24-26H,4,9-10,15,18-21H2,1-3H3/t24?,25-,26-/m1/s1. The van der Waals surface area contributed by atoms with Crippen molar-refractivity contribution in [3.63, 3.8) is 0 Å². The van der Waals surface area contributed by atoms with Crippen molar-refractivity contribution in [2.75, 3.05) is 34.6 Å². The van der Waals surface area contributed by atoms with E-state index in [0.717, 1.165) is 32.7 Å². The smallest absolute Gasteiger partial charge is 0.308 e. The number of halogens is 2. The fourth-order valence-electron chi connectivity index (χ4n) is 7.36. The number of nitrogens with zero attached hydrogens (tertiary/aromatic N) is 2. The van der Waals surface area contributed by atoms with Crippen molar-refractivity contribution in [2.24, 2.45) is 5.92 Å². The molecule has 0 fully saturated rings. The molecule has 8 nitrogen and oxygen atoms in total. The maximum absolute atomic E-state index is 14.1. The Labute approximate surface area is 289 Å². The molecule has 0 N–H and O–H groups in total. The minimum atomic E-state index is -0.436. The van der Waals surface area contributed by atoms with Gasteiger partial charge in [0.2, 0.25) is 11.8 Å². The van der Waals surface area contributed by atoms with E-state index in [0.29, 0.717) is 67.0 Å². The maximum atomic E-state index is 14.1. The van der Waals surface area contributed by atoms with Crippen molar-refractivity contribution in [2.45, 2.75) is 58.3 Å². The largest absolute Gasteiger partial charge is 0.426 e. The summed E-state index contributed by atoms with van der Waals surface area (Å²) < 4.78 is 11.1. The fraction of sp³-hybridized carbons (Fsp3) is 0.368. The van der Waals surface area contributed by atoms with Crippen molar-refractivity contribution in [3.8, 4) is 11.5 Å².